The molecule has 0 unspecified atom stereocenters. The van der Waals surface area contributed by atoms with Crippen molar-refractivity contribution in [3.05, 3.63) is 0 Å². The van der Waals surface area contributed by atoms with E-state index >= 15 is 0 Å². The second-order valence-electron chi connectivity index (χ2n) is 4.92. The molecule has 0 fully saturated rings. The van der Waals surface area contributed by atoms with Crippen LogP contribution in [0.15, 0.2) is 0 Å². The number of hydrogen-bond donors (Lipinski definition) is 2. The number of methoxy groups -OCH3 is 1. The average molecular weight is 274 g/mol. The zero-order valence-electron chi connectivity index (χ0n) is 12.1. The van der Waals surface area contributed by atoms with E-state index in [1.54, 1.807) is 12.0 Å². The van der Waals surface area contributed by atoms with Gasteiger partial charge in [-0.05, 0) is 18.8 Å². The number of carboxylic acids is 1. The first kappa shape index (κ1) is 17.7. The molecule has 0 aromatic carbocycles. The van der Waals surface area contributed by atoms with Crippen molar-refractivity contribution in [3.8, 4) is 0 Å². The molecule has 0 saturated heterocycles. The van der Waals surface area contributed by atoms with Crippen LogP contribution >= 0.6 is 0 Å². The molecule has 0 aliphatic rings. The fourth-order valence-electron chi connectivity index (χ4n) is 1.63. The topological polar surface area (TPSA) is 78.9 Å². The van der Waals surface area contributed by atoms with Gasteiger partial charge in [-0.2, -0.15) is 0 Å². The number of hydrogen-bond acceptors (Lipinski definition) is 3. The predicted molar refractivity (Wildman–Crippen MR) is 73.2 cm³/mol. The number of carboxylic acid groups (broad SMARTS) is 1. The van der Waals surface area contributed by atoms with Gasteiger partial charge in [0.05, 0.1) is 6.61 Å². The number of urea groups is 1. The molecule has 0 aromatic rings. The van der Waals surface area contributed by atoms with E-state index in [-0.39, 0.29) is 12.5 Å². The van der Waals surface area contributed by atoms with Crippen molar-refractivity contribution >= 4 is 12.0 Å². The van der Waals surface area contributed by atoms with E-state index in [1.807, 2.05) is 0 Å². The van der Waals surface area contributed by atoms with Gasteiger partial charge in [-0.3, -0.25) is 4.79 Å². The van der Waals surface area contributed by atoms with Crippen molar-refractivity contribution in [1.29, 1.82) is 0 Å². The third-order valence-electron chi connectivity index (χ3n) is 2.53. The van der Waals surface area contributed by atoms with Crippen LogP contribution in [0.3, 0.4) is 0 Å². The molecule has 0 aromatic heterocycles. The molecule has 0 radical (unpaired) electrons. The predicted octanol–water partition coefficient (Wildman–Crippen LogP) is 1.56. The van der Waals surface area contributed by atoms with E-state index in [0.717, 1.165) is 0 Å². The van der Waals surface area contributed by atoms with Crippen LogP contribution in [-0.2, 0) is 9.53 Å². The molecular formula is C13H26N2O4. The number of nitrogens with one attached hydrogen (secondary N) is 1. The standard InChI is InChI=1S/C13H26N2O4/c1-11(2)10-15(8-9-19-3)13(18)14-7-5-4-6-12(16)17/h11H,4-10H2,1-3H3,(H,14,18)(H,16,17). The highest BCUT2D eigenvalue weighted by Crippen LogP contribution is 2.00. The zero-order valence-corrected chi connectivity index (χ0v) is 12.1. The first-order valence-electron chi connectivity index (χ1n) is 6.70. The molecule has 19 heavy (non-hydrogen) atoms. The lowest BCUT2D eigenvalue weighted by atomic mass is 10.2. The monoisotopic (exact) mass is 274 g/mol. The summed E-state index contributed by atoms with van der Waals surface area (Å²) < 4.78 is 4.99. The van der Waals surface area contributed by atoms with Gasteiger partial charge in [0.25, 0.3) is 0 Å². The van der Waals surface area contributed by atoms with Crippen molar-refractivity contribution in [1.82, 2.24) is 10.2 Å². The lowest BCUT2D eigenvalue weighted by Crippen LogP contribution is -2.43. The highest BCUT2D eigenvalue weighted by molar-refractivity contribution is 5.74. The Bertz CT molecular complexity index is 269. The van der Waals surface area contributed by atoms with Crippen LogP contribution in [0.1, 0.15) is 33.1 Å². The minimum atomic E-state index is -0.798. The smallest absolute Gasteiger partial charge is 0.317 e. The van der Waals surface area contributed by atoms with Crippen molar-refractivity contribution in [2.24, 2.45) is 5.92 Å². The van der Waals surface area contributed by atoms with Crippen molar-refractivity contribution in [2.75, 3.05) is 33.4 Å². The second-order valence-corrected chi connectivity index (χ2v) is 4.92. The molecule has 0 aliphatic heterocycles. The Kier molecular flexibility index (Phi) is 9.88. The number of aliphatic carboxylic acids is 1. The molecule has 2 amide bonds. The Hall–Kier alpha value is -1.30. The first-order chi connectivity index (χ1) is 8.97. The summed E-state index contributed by atoms with van der Waals surface area (Å²) in [4.78, 5) is 24.0. The number of unbranched alkanes of at least 4 members (excludes halogenated alkanes) is 1. The maximum absolute atomic E-state index is 11.9. The SMILES string of the molecule is COCCN(CC(C)C)C(=O)NCCCCC(=O)O. The van der Waals surface area contributed by atoms with E-state index < -0.39 is 5.97 Å². The van der Waals surface area contributed by atoms with Crippen LogP contribution < -0.4 is 5.32 Å². The maximum atomic E-state index is 11.9. The number of nitrogens with zero attached hydrogens (tertiary/aromatic N) is 1. The zero-order chi connectivity index (χ0) is 14.7. The fourth-order valence-corrected chi connectivity index (χ4v) is 1.63. The quantitative estimate of drug-likeness (QED) is 0.592. The van der Waals surface area contributed by atoms with Crippen molar-refractivity contribution < 1.29 is 19.4 Å². The Labute approximate surface area is 115 Å². The fraction of sp³-hybridized carbons (Fsp3) is 0.846. The van der Waals surface area contributed by atoms with Gasteiger partial charge >= 0.3 is 12.0 Å². The Morgan fingerprint density at radius 1 is 1.32 bits per heavy atom. The summed E-state index contributed by atoms with van der Waals surface area (Å²) in [5, 5.41) is 11.3. The Balaban J connectivity index is 3.92. The molecule has 0 atom stereocenters. The molecular weight excluding hydrogens is 248 g/mol. The highest BCUT2D eigenvalue weighted by atomic mass is 16.5. The second kappa shape index (κ2) is 10.6. The van der Waals surface area contributed by atoms with Gasteiger partial charge in [0.2, 0.25) is 0 Å². The van der Waals surface area contributed by atoms with Crippen molar-refractivity contribution in [2.45, 2.75) is 33.1 Å². The number of carbonyl (C=O) groups is 2. The van der Waals surface area contributed by atoms with Gasteiger partial charge < -0.3 is 20.1 Å². The average Bonchev–Trinajstić information content (AvgIpc) is 2.32. The number of rotatable bonds is 10. The maximum Gasteiger partial charge on any atom is 0.317 e. The minimum absolute atomic E-state index is 0.110. The van der Waals surface area contributed by atoms with Gasteiger partial charge in [-0.15, -0.1) is 0 Å². The van der Waals surface area contributed by atoms with E-state index in [9.17, 15) is 9.59 Å². The third-order valence-corrected chi connectivity index (χ3v) is 2.53. The summed E-state index contributed by atoms with van der Waals surface area (Å²) in [6.07, 6.45) is 1.41. The van der Waals surface area contributed by atoms with Gasteiger partial charge in [0.15, 0.2) is 0 Å². The van der Waals surface area contributed by atoms with Crippen LogP contribution in [0.2, 0.25) is 0 Å². The van der Waals surface area contributed by atoms with Gasteiger partial charge in [-0.25, -0.2) is 4.79 Å². The number of ether oxygens (including phenoxy) is 1. The molecule has 6 nitrogen and oxygen atoms in total. The molecule has 6 heteroatoms. The summed E-state index contributed by atoms with van der Waals surface area (Å²) in [5.74, 6) is -0.400. The third kappa shape index (κ3) is 10.3. The molecule has 0 rings (SSSR count). The van der Waals surface area contributed by atoms with Crippen LogP contribution in [0.4, 0.5) is 4.79 Å². The largest absolute Gasteiger partial charge is 0.481 e. The molecule has 0 heterocycles. The van der Waals surface area contributed by atoms with Gasteiger partial charge in [0, 0.05) is 33.2 Å². The molecule has 112 valence electrons. The van der Waals surface area contributed by atoms with E-state index in [1.165, 1.54) is 0 Å². The lowest BCUT2D eigenvalue weighted by Gasteiger charge is -2.24. The first-order valence-corrected chi connectivity index (χ1v) is 6.70. The summed E-state index contributed by atoms with van der Waals surface area (Å²) in [6.45, 7) is 6.38. The summed E-state index contributed by atoms with van der Waals surface area (Å²) >= 11 is 0. The number of amides is 2. The van der Waals surface area contributed by atoms with Gasteiger partial charge in [-0.1, -0.05) is 13.8 Å². The number of carbonyl (C=O) groups excluding carboxylic acids is 1. The van der Waals surface area contributed by atoms with E-state index in [2.05, 4.69) is 19.2 Å². The highest BCUT2D eigenvalue weighted by Gasteiger charge is 2.13. The minimum Gasteiger partial charge on any atom is -0.481 e. The van der Waals surface area contributed by atoms with Crippen molar-refractivity contribution in [3.63, 3.8) is 0 Å². The molecule has 0 saturated carbocycles. The molecule has 2 N–H and O–H groups in total. The van der Waals surface area contributed by atoms with Crippen LogP contribution in [0.5, 0.6) is 0 Å². The van der Waals surface area contributed by atoms with Crippen LogP contribution in [-0.4, -0.2) is 55.4 Å². The van der Waals surface area contributed by atoms with Crippen LogP contribution in [0.25, 0.3) is 0 Å². The van der Waals surface area contributed by atoms with Crippen LogP contribution in [0, 0.1) is 5.92 Å². The normalized spacial score (nSPS) is 10.5. The Morgan fingerprint density at radius 3 is 2.53 bits per heavy atom. The van der Waals surface area contributed by atoms with E-state index in [4.69, 9.17) is 9.84 Å². The Morgan fingerprint density at radius 2 is 2.00 bits per heavy atom. The summed E-state index contributed by atoms with van der Waals surface area (Å²) in [5.41, 5.74) is 0. The van der Waals surface area contributed by atoms with E-state index in [0.29, 0.717) is 45.0 Å². The molecule has 0 aliphatic carbocycles. The summed E-state index contributed by atoms with van der Waals surface area (Å²) in [6, 6.07) is -0.110. The summed E-state index contributed by atoms with van der Waals surface area (Å²) in [7, 11) is 1.61. The molecule has 0 spiro atoms. The van der Waals surface area contributed by atoms with Gasteiger partial charge in [0.1, 0.15) is 0 Å². The molecule has 0 bridgehead atoms. The lowest BCUT2D eigenvalue weighted by molar-refractivity contribution is -0.137.